The molecule has 0 unspecified atom stereocenters. The number of ether oxygens (including phenoxy) is 1. The van der Waals surface area contributed by atoms with Crippen LogP contribution in [0.3, 0.4) is 0 Å². The molecule has 0 radical (unpaired) electrons. The van der Waals surface area contributed by atoms with Gasteiger partial charge in [-0.2, -0.15) is 0 Å². The van der Waals surface area contributed by atoms with Gasteiger partial charge in [0.15, 0.2) is 0 Å². The molecule has 3 N–H and O–H groups in total. The number of carbonyl (C=O) groups is 3. The van der Waals surface area contributed by atoms with Gasteiger partial charge in [0.2, 0.25) is 11.8 Å². The number of carbonyl (C=O) groups excluding carboxylic acids is 3. The summed E-state index contributed by atoms with van der Waals surface area (Å²) in [5.41, 5.74) is 1.43. The van der Waals surface area contributed by atoms with Gasteiger partial charge in [-0.15, -0.1) is 0 Å². The van der Waals surface area contributed by atoms with Crippen molar-refractivity contribution in [1.29, 1.82) is 0 Å². The molecule has 182 valence electrons. The average Bonchev–Trinajstić information content (AvgIpc) is 2.81. The summed E-state index contributed by atoms with van der Waals surface area (Å²) in [5.74, 6) is -0.225. The van der Waals surface area contributed by atoms with E-state index in [1.807, 2.05) is 6.92 Å². The zero-order chi connectivity index (χ0) is 24.5. The summed E-state index contributed by atoms with van der Waals surface area (Å²) in [4.78, 5) is 38.7. The number of benzene rings is 2. The molecule has 0 spiro atoms. The number of hydrogen-bond donors (Lipinski definition) is 3. The van der Waals surface area contributed by atoms with Gasteiger partial charge in [-0.25, -0.2) is 9.18 Å². The maximum Gasteiger partial charge on any atom is 0.321 e. The summed E-state index contributed by atoms with van der Waals surface area (Å²) in [6.45, 7) is 4.84. The predicted octanol–water partition coefficient (Wildman–Crippen LogP) is 3.08. The number of hydrogen-bond acceptors (Lipinski definition) is 4. The van der Waals surface area contributed by atoms with Crippen LogP contribution in [0.15, 0.2) is 48.5 Å². The van der Waals surface area contributed by atoms with Crippen molar-refractivity contribution in [2.24, 2.45) is 0 Å². The molecule has 2 aromatic carbocycles. The third-order valence-electron chi connectivity index (χ3n) is 5.59. The first-order chi connectivity index (χ1) is 16.3. The van der Waals surface area contributed by atoms with Gasteiger partial charge in [0.25, 0.3) is 0 Å². The molecule has 1 saturated heterocycles. The normalized spacial score (nSPS) is 14.7. The molecule has 3 rings (SSSR count). The van der Waals surface area contributed by atoms with E-state index >= 15 is 0 Å². The van der Waals surface area contributed by atoms with Gasteiger partial charge in [-0.3, -0.25) is 9.59 Å². The van der Waals surface area contributed by atoms with Gasteiger partial charge < -0.3 is 25.6 Å². The fourth-order valence-electron chi connectivity index (χ4n) is 3.84. The molecule has 4 amide bonds. The fraction of sp³-hybridized carbons (Fsp3) is 0.400. The van der Waals surface area contributed by atoms with Gasteiger partial charge in [0, 0.05) is 38.2 Å². The minimum Gasteiger partial charge on any atom is -0.494 e. The molecule has 0 bridgehead atoms. The highest BCUT2D eigenvalue weighted by molar-refractivity contribution is 5.89. The first-order valence-corrected chi connectivity index (χ1v) is 11.4. The zero-order valence-electron chi connectivity index (χ0n) is 19.5. The molecule has 0 aliphatic carbocycles. The Kier molecular flexibility index (Phi) is 8.84. The second kappa shape index (κ2) is 12.0. The minimum atomic E-state index is -0.760. The van der Waals surface area contributed by atoms with Gasteiger partial charge >= 0.3 is 6.03 Å². The fourth-order valence-corrected chi connectivity index (χ4v) is 3.84. The summed E-state index contributed by atoms with van der Waals surface area (Å²) < 4.78 is 18.6. The van der Waals surface area contributed by atoms with Crippen LogP contribution in [-0.2, 0) is 16.0 Å². The van der Waals surface area contributed by atoms with E-state index in [0.29, 0.717) is 38.2 Å². The third-order valence-corrected chi connectivity index (χ3v) is 5.59. The van der Waals surface area contributed by atoms with E-state index in [2.05, 4.69) is 16.0 Å². The van der Waals surface area contributed by atoms with Crippen LogP contribution >= 0.6 is 0 Å². The molecule has 34 heavy (non-hydrogen) atoms. The van der Waals surface area contributed by atoms with Crippen molar-refractivity contribution in [2.75, 3.05) is 25.0 Å². The van der Waals surface area contributed by atoms with Crippen molar-refractivity contribution in [3.63, 3.8) is 0 Å². The maximum absolute atomic E-state index is 13.2. The summed E-state index contributed by atoms with van der Waals surface area (Å²) >= 11 is 0. The predicted molar refractivity (Wildman–Crippen MR) is 127 cm³/mol. The summed E-state index contributed by atoms with van der Waals surface area (Å²) in [6.07, 6.45) is 1.46. The van der Waals surface area contributed by atoms with Crippen molar-refractivity contribution in [3.05, 3.63) is 59.9 Å². The van der Waals surface area contributed by atoms with E-state index in [4.69, 9.17) is 4.74 Å². The number of urea groups is 1. The van der Waals surface area contributed by atoms with Gasteiger partial charge in [0.05, 0.1) is 6.61 Å². The lowest BCUT2D eigenvalue weighted by Gasteiger charge is -2.33. The van der Waals surface area contributed by atoms with E-state index in [1.165, 1.54) is 19.1 Å². The Balaban J connectivity index is 1.49. The van der Waals surface area contributed by atoms with E-state index in [-0.39, 0.29) is 36.1 Å². The van der Waals surface area contributed by atoms with E-state index in [9.17, 15) is 18.8 Å². The summed E-state index contributed by atoms with van der Waals surface area (Å²) in [7, 11) is 0. The van der Waals surface area contributed by atoms with Crippen LogP contribution in [0.1, 0.15) is 32.3 Å². The van der Waals surface area contributed by atoms with Crippen molar-refractivity contribution < 1.29 is 23.5 Å². The SMILES string of the molecule is CCOc1ccc(NC(=O)N2CCC(NC(=O)[C@H](Cc3ccc(F)cc3)NC(C)=O)CC2)cc1. The Labute approximate surface area is 198 Å². The quantitative estimate of drug-likeness (QED) is 0.552. The van der Waals surface area contributed by atoms with Crippen molar-refractivity contribution >= 4 is 23.5 Å². The molecule has 0 saturated carbocycles. The smallest absolute Gasteiger partial charge is 0.321 e. The van der Waals surface area contributed by atoms with Gasteiger partial charge in [0.1, 0.15) is 17.6 Å². The lowest BCUT2D eigenvalue weighted by atomic mass is 10.0. The number of nitrogens with one attached hydrogen (secondary N) is 3. The molecule has 0 aromatic heterocycles. The Morgan fingerprint density at radius 1 is 1.06 bits per heavy atom. The topological polar surface area (TPSA) is 99.8 Å². The second-order valence-electron chi connectivity index (χ2n) is 8.24. The van der Waals surface area contributed by atoms with E-state index in [0.717, 1.165) is 11.3 Å². The van der Waals surface area contributed by atoms with Crippen LogP contribution in [0.4, 0.5) is 14.9 Å². The van der Waals surface area contributed by atoms with Crippen LogP contribution in [0.2, 0.25) is 0 Å². The number of amides is 4. The first kappa shape index (κ1) is 25.0. The third kappa shape index (κ3) is 7.47. The van der Waals surface area contributed by atoms with Crippen LogP contribution < -0.4 is 20.7 Å². The Hall–Kier alpha value is -3.62. The van der Waals surface area contributed by atoms with Crippen LogP contribution in [0.25, 0.3) is 0 Å². The molecule has 2 aromatic rings. The standard InChI is InChI=1S/C25H31FN4O4/c1-3-34-22-10-8-20(9-11-22)29-25(33)30-14-12-21(13-15-30)28-24(32)23(27-17(2)31)16-18-4-6-19(26)7-5-18/h4-11,21,23H,3,12-16H2,1-2H3,(H,27,31)(H,28,32)(H,29,33)/t23-/m0/s1. The first-order valence-electron chi connectivity index (χ1n) is 11.4. The molecule has 9 heteroatoms. The number of anilines is 1. The molecule has 1 aliphatic heterocycles. The van der Waals surface area contributed by atoms with Crippen LogP contribution in [0, 0.1) is 5.82 Å². The summed E-state index contributed by atoms with van der Waals surface area (Å²) in [5, 5.41) is 8.53. The highest BCUT2D eigenvalue weighted by Gasteiger charge is 2.27. The van der Waals surface area contributed by atoms with Gasteiger partial charge in [-0.05, 0) is 61.7 Å². The maximum atomic E-state index is 13.2. The van der Waals surface area contributed by atoms with Crippen molar-refractivity contribution in [3.8, 4) is 5.75 Å². The molecule has 1 aliphatic rings. The Morgan fingerprint density at radius 2 is 1.71 bits per heavy atom. The second-order valence-corrected chi connectivity index (χ2v) is 8.24. The highest BCUT2D eigenvalue weighted by Crippen LogP contribution is 2.18. The van der Waals surface area contributed by atoms with Crippen LogP contribution in [0.5, 0.6) is 5.75 Å². The lowest BCUT2D eigenvalue weighted by Crippen LogP contribution is -2.53. The van der Waals surface area contributed by atoms with Crippen LogP contribution in [-0.4, -0.2) is 54.5 Å². The Bertz CT molecular complexity index is 973. The number of likely N-dealkylation sites (tertiary alicyclic amines) is 1. The highest BCUT2D eigenvalue weighted by atomic mass is 19.1. The molecule has 8 nitrogen and oxygen atoms in total. The van der Waals surface area contributed by atoms with Crippen molar-refractivity contribution in [2.45, 2.75) is 45.2 Å². The molecule has 1 fully saturated rings. The molecule has 1 atom stereocenters. The number of nitrogens with zero attached hydrogens (tertiary/aromatic N) is 1. The average molecular weight is 471 g/mol. The van der Waals surface area contributed by atoms with E-state index in [1.54, 1.807) is 41.3 Å². The summed E-state index contributed by atoms with van der Waals surface area (Å²) in [6, 6.07) is 12.0. The molecule has 1 heterocycles. The van der Waals surface area contributed by atoms with Crippen molar-refractivity contribution in [1.82, 2.24) is 15.5 Å². The van der Waals surface area contributed by atoms with E-state index < -0.39 is 6.04 Å². The molecular weight excluding hydrogens is 439 g/mol. The van der Waals surface area contributed by atoms with Gasteiger partial charge in [-0.1, -0.05) is 12.1 Å². The Morgan fingerprint density at radius 3 is 2.29 bits per heavy atom. The molecular formula is C25H31FN4O4. The monoisotopic (exact) mass is 470 g/mol. The number of piperidine rings is 1. The number of rotatable bonds is 8. The number of halogens is 1. The minimum absolute atomic E-state index is 0.105. The largest absolute Gasteiger partial charge is 0.494 e. The zero-order valence-corrected chi connectivity index (χ0v) is 19.5. The lowest BCUT2D eigenvalue weighted by molar-refractivity contribution is -0.128.